The minimum absolute atomic E-state index is 0.124. The van der Waals surface area contributed by atoms with Crippen LogP contribution in [0.2, 0.25) is 28.2 Å². The molecule has 0 fully saturated rings. The summed E-state index contributed by atoms with van der Waals surface area (Å²) in [5.41, 5.74) is 2.09. The van der Waals surface area contributed by atoms with Gasteiger partial charge in [0, 0.05) is 15.6 Å². The van der Waals surface area contributed by atoms with Crippen molar-refractivity contribution in [3.05, 3.63) is 69.7 Å². The lowest BCUT2D eigenvalue weighted by atomic mass is 10.1. The first kappa shape index (κ1) is 19.1. The van der Waals surface area contributed by atoms with E-state index < -0.39 is 8.32 Å². The molecule has 0 saturated heterocycles. The van der Waals surface area contributed by atoms with E-state index in [9.17, 15) is 0 Å². The summed E-state index contributed by atoms with van der Waals surface area (Å²) in [4.78, 5) is 0. The molecule has 1 nitrogen and oxygen atoms in total. The molecule has 128 valence electrons. The Hall–Kier alpha value is -1.22. The second-order valence-electron chi connectivity index (χ2n) is 7.43. The topological polar surface area (TPSA) is 9.23 Å². The molecule has 0 aromatic heterocycles. The predicted octanol–water partition coefficient (Wildman–Crippen LogP) is 7.51. The molecule has 0 unspecified atom stereocenters. The summed E-state index contributed by atoms with van der Waals surface area (Å²) in [7, 11) is -1.96. The highest BCUT2D eigenvalue weighted by Crippen LogP contribution is 2.40. The molecule has 2 aromatic rings. The largest absolute Gasteiger partial charge is 0.543 e. The van der Waals surface area contributed by atoms with Crippen molar-refractivity contribution in [3.8, 4) is 0 Å². The molecule has 0 spiro atoms. The van der Waals surface area contributed by atoms with E-state index in [0.717, 1.165) is 26.9 Å². The maximum atomic E-state index is 6.59. The molecular formula is C20H24Cl2OSi. The summed E-state index contributed by atoms with van der Waals surface area (Å²) in [5.74, 6) is 0.876. The van der Waals surface area contributed by atoms with Gasteiger partial charge in [-0.25, -0.2) is 0 Å². The highest BCUT2D eigenvalue weighted by molar-refractivity contribution is 6.74. The van der Waals surface area contributed by atoms with Crippen molar-refractivity contribution >= 4 is 43.4 Å². The fraction of sp³-hybridized carbons (Fsp3) is 0.300. The van der Waals surface area contributed by atoms with E-state index >= 15 is 0 Å². The van der Waals surface area contributed by atoms with Crippen molar-refractivity contribution < 1.29 is 4.43 Å². The van der Waals surface area contributed by atoms with Gasteiger partial charge in [-0.2, -0.15) is 0 Å². The van der Waals surface area contributed by atoms with E-state index in [1.165, 1.54) is 0 Å². The van der Waals surface area contributed by atoms with E-state index in [2.05, 4.69) is 39.9 Å². The van der Waals surface area contributed by atoms with E-state index in [1.807, 2.05) is 48.5 Å². The van der Waals surface area contributed by atoms with Crippen LogP contribution in [-0.4, -0.2) is 8.32 Å². The van der Waals surface area contributed by atoms with Crippen LogP contribution in [0, 0.1) is 0 Å². The maximum absolute atomic E-state index is 6.59. The van der Waals surface area contributed by atoms with Gasteiger partial charge >= 0.3 is 0 Å². The van der Waals surface area contributed by atoms with Crippen molar-refractivity contribution in [2.24, 2.45) is 0 Å². The third-order valence-electron chi connectivity index (χ3n) is 4.47. The molecule has 0 aliphatic carbocycles. The summed E-state index contributed by atoms with van der Waals surface area (Å²) in [6, 6.07) is 15.5. The van der Waals surface area contributed by atoms with Crippen LogP contribution < -0.4 is 0 Å². The lowest BCUT2D eigenvalue weighted by molar-refractivity contribution is 0.460. The lowest BCUT2D eigenvalue weighted by Gasteiger charge is -2.37. The number of hydrogen-bond donors (Lipinski definition) is 0. The van der Waals surface area contributed by atoms with E-state index in [1.54, 1.807) is 0 Å². The molecule has 0 atom stereocenters. The van der Waals surface area contributed by atoms with E-state index in [0.29, 0.717) is 0 Å². The average molecular weight is 379 g/mol. The number of benzene rings is 2. The zero-order valence-corrected chi connectivity index (χ0v) is 17.4. The Bertz CT molecular complexity index is 711. The number of rotatable bonds is 4. The fourth-order valence-corrected chi connectivity index (χ4v) is 3.21. The van der Waals surface area contributed by atoms with Crippen molar-refractivity contribution in [1.82, 2.24) is 0 Å². The Labute approximate surface area is 156 Å². The molecule has 0 aliphatic rings. The van der Waals surface area contributed by atoms with Crippen molar-refractivity contribution in [2.45, 2.75) is 38.9 Å². The van der Waals surface area contributed by atoms with Crippen LogP contribution >= 0.6 is 23.2 Å². The number of hydrogen-bond acceptors (Lipinski definition) is 1. The van der Waals surface area contributed by atoms with Gasteiger partial charge in [-0.15, -0.1) is 0 Å². The van der Waals surface area contributed by atoms with Crippen LogP contribution in [0.4, 0.5) is 0 Å². The molecular weight excluding hydrogens is 355 g/mol. The van der Waals surface area contributed by atoms with Gasteiger partial charge in [-0.1, -0.05) is 56.1 Å². The van der Waals surface area contributed by atoms with Crippen LogP contribution in [0.1, 0.15) is 31.9 Å². The first-order valence-electron chi connectivity index (χ1n) is 8.01. The summed E-state index contributed by atoms with van der Waals surface area (Å²) in [6.07, 6.45) is 2.07. The zero-order chi connectivity index (χ0) is 18.0. The van der Waals surface area contributed by atoms with Crippen LogP contribution in [0.5, 0.6) is 0 Å². The fourth-order valence-electron chi connectivity index (χ4n) is 1.92. The smallest absolute Gasteiger partial charge is 0.250 e. The molecule has 0 bridgehead atoms. The minimum Gasteiger partial charge on any atom is -0.543 e. The second kappa shape index (κ2) is 7.34. The maximum Gasteiger partial charge on any atom is 0.250 e. The molecule has 4 heteroatoms. The third-order valence-corrected chi connectivity index (χ3v) is 9.31. The van der Waals surface area contributed by atoms with Crippen molar-refractivity contribution in [1.29, 1.82) is 0 Å². The minimum atomic E-state index is -1.96. The predicted molar refractivity (Wildman–Crippen MR) is 109 cm³/mol. The Morgan fingerprint density at radius 3 is 1.79 bits per heavy atom. The Morgan fingerprint density at radius 1 is 0.875 bits per heavy atom. The van der Waals surface area contributed by atoms with E-state index in [4.69, 9.17) is 27.6 Å². The van der Waals surface area contributed by atoms with Crippen molar-refractivity contribution in [2.75, 3.05) is 0 Å². The van der Waals surface area contributed by atoms with Crippen LogP contribution in [0.15, 0.2) is 48.5 Å². The molecule has 2 aromatic carbocycles. The molecule has 0 amide bonds. The van der Waals surface area contributed by atoms with Gasteiger partial charge in [-0.3, -0.25) is 0 Å². The Balaban J connectivity index is 2.45. The Kier molecular flexibility index (Phi) is 5.85. The van der Waals surface area contributed by atoms with Gasteiger partial charge in [-0.05, 0) is 66.2 Å². The molecule has 0 radical (unpaired) electrons. The van der Waals surface area contributed by atoms with Crippen LogP contribution in [-0.2, 0) is 4.43 Å². The highest BCUT2D eigenvalue weighted by atomic mass is 35.5. The SMILES string of the molecule is CC(C)(C)[Si](C)(C)O/C(=C\c1ccc(Cl)cc1)c1ccc(Cl)cc1. The summed E-state index contributed by atoms with van der Waals surface area (Å²) < 4.78 is 6.59. The van der Waals surface area contributed by atoms with Gasteiger partial charge in [0.1, 0.15) is 5.76 Å². The lowest BCUT2D eigenvalue weighted by Crippen LogP contribution is -2.40. The molecule has 2 rings (SSSR count). The van der Waals surface area contributed by atoms with Crippen LogP contribution in [0.3, 0.4) is 0 Å². The average Bonchev–Trinajstić information content (AvgIpc) is 2.48. The standard InChI is InChI=1S/C20H24Cl2OSi/c1-20(2,3)24(4,5)23-19(16-8-12-18(22)13-9-16)14-15-6-10-17(21)11-7-15/h6-14H,1-5H3/b19-14-. The normalized spacial score (nSPS) is 13.0. The van der Waals surface area contributed by atoms with Crippen LogP contribution in [0.25, 0.3) is 11.8 Å². The number of halogens is 2. The second-order valence-corrected chi connectivity index (χ2v) is 13.0. The Morgan fingerprint density at radius 2 is 1.33 bits per heavy atom. The molecule has 0 heterocycles. The first-order chi connectivity index (χ1) is 11.1. The van der Waals surface area contributed by atoms with Gasteiger partial charge in [0.25, 0.3) is 8.32 Å². The van der Waals surface area contributed by atoms with Gasteiger partial charge < -0.3 is 4.43 Å². The quantitative estimate of drug-likeness (QED) is 0.303. The van der Waals surface area contributed by atoms with Gasteiger partial charge in [0.15, 0.2) is 0 Å². The van der Waals surface area contributed by atoms with Gasteiger partial charge in [0.2, 0.25) is 0 Å². The monoisotopic (exact) mass is 378 g/mol. The molecule has 0 N–H and O–H groups in total. The summed E-state index contributed by atoms with van der Waals surface area (Å²) in [5, 5.41) is 1.57. The third kappa shape index (κ3) is 4.89. The molecule has 0 saturated carbocycles. The van der Waals surface area contributed by atoms with Crippen molar-refractivity contribution in [3.63, 3.8) is 0 Å². The van der Waals surface area contributed by atoms with E-state index in [-0.39, 0.29) is 5.04 Å². The summed E-state index contributed by atoms with van der Waals surface area (Å²) >= 11 is 12.0. The first-order valence-corrected chi connectivity index (χ1v) is 11.7. The van der Waals surface area contributed by atoms with Gasteiger partial charge in [0.05, 0.1) is 0 Å². The summed E-state index contributed by atoms with van der Waals surface area (Å²) in [6.45, 7) is 11.2. The molecule has 24 heavy (non-hydrogen) atoms. The molecule has 0 aliphatic heterocycles. The zero-order valence-electron chi connectivity index (χ0n) is 14.9. The highest BCUT2D eigenvalue weighted by Gasteiger charge is 2.39.